The maximum Gasteiger partial charge on any atom is 0.256 e. The minimum Gasteiger partial charge on any atom is -0.356 e. The van der Waals surface area contributed by atoms with Gasteiger partial charge >= 0.3 is 0 Å². The van der Waals surface area contributed by atoms with Crippen LogP contribution in [0.25, 0.3) is 10.8 Å². The van der Waals surface area contributed by atoms with Crippen molar-refractivity contribution in [3.8, 4) is 5.88 Å². The maximum atomic E-state index is 5.79. The summed E-state index contributed by atoms with van der Waals surface area (Å²) < 4.78 is 5.52. The van der Waals surface area contributed by atoms with Gasteiger partial charge in [-0.1, -0.05) is 60.6 Å². The largest absolute Gasteiger partial charge is 0.356 e. The van der Waals surface area contributed by atoms with E-state index in [0.717, 1.165) is 60.3 Å². The molecule has 4 aromatic rings. The average molecular weight is 471 g/mol. The molecule has 8 heteroatoms. The summed E-state index contributed by atoms with van der Waals surface area (Å²) >= 11 is 0. The van der Waals surface area contributed by atoms with Gasteiger partial charge in [-0.05, 0) is 49.1 Å². The molecular formula is C27H30N6O2. The predicted octanol–water partition coefficient (Wildman–Crippen LogP) is 5.63. The summed E-state index contributed by atoms with van der Waals surface area (Å²) in [5.74, 6) is 3.40. The Morgan fingerprint density at radius 2 is 1.86 bits per heavy atom. The first kappa shape index (κ1) is 23.0. The molecule has 0 bridgehead atoms. The van der Waals surface area contributed by atoms with Gasteiger partial charge in [0, 0.05) is 24.9 Å². The molecular weight excluding hydrogens is 440 g/mol. The van der Waals surface area contributed by atoms with Crippen LogP contribution in [0.5, 0.6) is 5.88 Å². The smallest absolute Gasteiger partial charge is 0.256 e. The molecule has 0 spiro atoms. The zero-order valence-electron chi connectivity index (χ0n) is 20.6. The third kappa shape index (κ3) is 4.87. The predicted molar refractivity (Wildman–Crippen MR) is 136 cm³/mol. The summed E-state index contributed by atoms with van der Waals surface area (Å²) in [5.41, 5.74) is 2.68. The second-order valence-corrected chi connectivity index (χ2v) is 9.36. The van der Waals surface area contributed by atoms with Crippen LogP contribution in [0.2, 0.25) is 0 Å². The third-order valence-electron chi connectivity index (χ3n) is 6.57. The number of benzene rings is 2. The molecule has 0 saturated carbocycles. The first-order valence-electron chi connectivity index (χ1n) is 12.1. The number of nitrogens with zero attached hydrogens (tertiary/aromatic N) is 6. The molecule has 3 heterocycles. The summed E-state index contributed by atoms with van der Waals surface area (Å²) in [7, 11) is 0. The van der Waals surface area contributed by atoms with Gasteiger partial charge in [0.05, 0.1) is 11.3 Å². The lowest BCUT2D eigenvalue weighted by Gasteiger charge is -2.32. The Bertz CT molecular complexity index is 1350. The normalized spacial score (nSPS) is 15.2. The number of rotatable bonds is 6. The Balaban J connectivity index is 1.27. The van der Waals surface area contributed by atoms with Crippen LogP contribution in [0.4, 0.5) is 5.82 Å². The van der Waals surface area contributed by atoms with E-state index >= 15 is 0 Å². The number of anilines is 1. The number of fused-ring (bicyclic) bond motifs is 1. The molecule has 1 aliphatic rings. The summed E-state index contributed by atoms with van der Waals surface area (Å²) in [6.07, 6.45) is 3.40. The van der Waals surface area contributed by atoms with Crippen LogP contribution in [-0.2, 0) is 0 Å². The molecule has 1 aliphatic heterocycles. The van der Waals surface area contributed by atoms with Gasteiger partial charge in [0.15, 0.2) is 5.82 Å². The number of oxime groups is 1. The van der Waals surface area contributed by atoms with Crippen molar-refractivity contribution in [3.05, 3.63) is 71.6 Å². The van der Waals surface area contributed by atoms with Crippen molar-refractivity contribution in [3.63, 3.8) is 0 Å². The van der Waals surface area contributed by atoms with E-state index in [1.165, 1.54) is 17.1 Å². The van der Waals surface area contributed by atoms with Gasteiger partial charge < -0.3 is 14.3 Å². The molecule has 180 valence electrons. The zero-order chi connectivity index (χ0) is 24.4. The van der Waals surface area contributed by atoms with E-state index in [0.29, 0.717) is 5.88 Å². The Kier molecular flexibility index (Phi) is 6.44. The molecule has 2 aromatic carbocycles. The molecule has 0 atom stereocenters. The molecule has 0 N–H and O–H groups in total. The highest BCUT2D eigenvalue weighted by atomic mass is 16.6. The van der Waals surface area contributed by atoms with Crippen molar-refractivity contribution < 1.29 is 9.36 Å². The van der Waals surface area contributed by atoms with Crippen LogP contribution in [0.15, 0.2) is 58.5 Å². The fraction of sp³-hybridized carbons (Fsp3) is 0.370. The Morgan fingerprint density at radius 1 is 1.09 bits per heavy atom. The van der Waals surface area contributed by atoms with E-state index in [1.54, 1.807) is 0 Å². The van der Waals surface area contributed by atoms with Crippen LogP contribution in [0, 0.1) is 6.92 Å². The topological polar surface area (TPSA) is 89.5 Å². The molecule has 0 unspecified atom stereocenters. The molecule has 0 aliphatic carbocycles. The molecule has 0 amide bonds. The minimum absolute atomic E-state index is 0.266. The van der Waals surface area contributed by atoms with E-state index in [4.69, 9.17) is 9.36 Å². The molecule has 5 rings (SSSR count). The summed E-state index contributed by atoms with van der Waals surface area (Å²) in [6.45, 7) is 9.75. The SMILES string of the molecule is CC(=NOc1ncnc(N2CCC(c3nc(C(C)C)no3)CC2)c1C)c1ccc2ccccc2c1. The lowest BCUT2D eigenvalue weighted by atomic mass is 9.96. The Hall–Kier alpha value is -3.81. The number of piperidine rings is 1. The van der Waals surface area contributed by atoms with Crippen LogP contribution in [-0.4, -0.2) is 38.9 Å². The third-order valence-corrected chi connectivity index (χ3v) is 6.57. The van der Waals surface area contributed by atoms with Crippen molar-refractivity contribution in [2.24, 2.45) is 5.16 Å². The van der Waals surface area contributed by atoms with Gasteiger partial charge in [-0.15, -0.1) is 0 Å². The van der Waals surface area contributed by atoms with Crippen LogP contribution in [0.1, 0.15) is 68.3 Å². The van der Waals surface area contributed by atoms with E-state index in [1.807, 2.05) is 26.0 Å². The first-order valence-corrected chi connectivity index (χ1v) is 12.1. The lowest BCUT2D eigenvalue weighted by molar-refractivity contribution is 0.321. The van der Waals surface area contributed by atoms with E-state index < -0.39 is 0 Å². The summed E-state index contributed by atoms with van der Waals surface area (Å²) in [6, 6.07) is 14.5. The summed E-state index contributed by atoms with van der Waals surface area (Å²) in [5, 5.41) is 10.9. The molecule has 0 radical (unpaired) electrons. The average Bonchev–Trinajstić information content (AvgIpc) is 3.39. The minimum atomic E-state index is 0.266. The van der Waals surface area contributed by atoms with E-state index in [9.17, 15) is 0 Å². The standard InChI is InChI=1S/C27H30N6O2/c1-17(2)24-30-27(35-32-24)21-11-13-33(14-12-21)25-18(3)26(29-16-28-25)34-31-19(4)22-10-9-20-7-5-6-8-23(20)15-22/h5-10,15-17,21H,11-14H2,1-4H3. The second kappa shape index (κ2) is 9.82. The van der Waals surface area contributed by atoms with Gasteiger partial charge in [0.2, 0.25) is 5.89 Å². The molecule has 2 aromatic heterocycles. The molecule has 1 saturated heterocycles. The summed E-state index contributed by atoms with van der Waals surface area (Å²) in [4.78, 5) is 21.5. The van der Waals surface area contributed by atoms with E-state index in [-0.39, 0.29) is 11.8 Å². The van der Waals surface area contributed by atoms with Crippen LogP contribution < -0.4 is 9.74 Å². The fourth-order valence-corrected chi connectivity index (χ4v) is 4.40. The highest BCUT2D eigenvalue weighted by molar-refractivity contribution is 6.01. The van der Waals surface area contributed by atoms with Crippen molar-refractivity contribution in [1.29, 1.82) is 0 Å². The van der Waals surface area contributed by atoms with Crippen molar-refractivity contribution in [2.45, 2.75) is 52.4 Å². The van der Waals surface area contributed by atoms with Gasteiger partial charge in [-0.2, -0.15) is 9.97 Å². The van der Waals surface area contributed by atoms with Gasteiger partial charge in [0.25, 0.3) is 5.88 Å². The molecule has 1 fully saturated rings. The highest BCUT2D eigenvalue weighted by Gasteiger charge is 2.27. The highest BCUT2D eigenvalue weighted by Crippen LogP contribution is 2.32. The first-order chi connectivity index (χ1) is 17.0. The lowest BCUT2D eigenvalue weighted by Crippen LogP contribution is -2.34. The maximum absolute atomic E-state index is 5.79. The number of aromatic nitrogens is 4. The monoisotopic (exact) mass is 470 g/mol. The van der Waals surface area contributed by atoms with Crippen molar-refractivity contribution >= 4 is 22.3 Å². The van der Waals surface area contributed by atoms with E-state index in [2.05, 4.69) is 74.3 Å². The van der Waals surface area contributed by atoms with Gasteiger partial charge in [-0.25, -0.2) is 4.98 Å². The van der Waals surface area contributed by atoms with Crippen LogP contribution in [0.3, 0.4) is 0 Å². The zero-order valence-corrected chi connectivity index (χ0v) is 20.6. The van der Waals surface area contributed by atoms with Gasteiger partial charge in [0.1, 0.15) is 12.1 Å². The quantitative estimate of drug-likeness (QED) is 0.266. The molecule has 35 heavy (non-hydrogen) atoms. The Morgan fingerprint density at radius 3 is 2.60 bits per heavy atom. The Labute approximate surface area is 205 Å². The molecule has 8 nitrogen and oxygen atoms in total. The fourth-order valence-electron chi connectivity index (χ4n) is 4.40. The number of hydrogen-bond acceptors (Lipinski definition) is 8. The van der Waals surface area contributed by atoms with Crippen molar-refractivity contribution in [2.75, 3.05) is 18.0 Å². The van der Waals surface area contributed by atoms with Crippen molar-refractivity contribution in [1.82, 2.24) is 20.1 Å². The van der Waals surface area contributed by atoms with Crippen LogP contribution >= 0.6 is 0 Å². The second-order valence-electron chi connectivity index (χ2n) is 9.36. The van der Waals surface area contributed by atoms with Gasteiger partial charge in [-0.3, -0.25) is 0 Å². The number of hydrogen-bond donors (Lipinski definition) is 0.